The van der Waals surface area contributed by atoms with E-state index < -0.39 is 28.0 Å². The number of esters is 1. The molecule has 1 amide bonds. The second-order valence-corrected chi connectivity index (χ2v) is 7.83. The molecule has 2 unspecified atom stereocenters. The lowest BCUT2D eigenvalue weighted by Gasteiger charge is -2.32. The van der Waals surface area contributed by atoms with Gasteiger partial charge in [0.2, 0.25) is 10.0 Å². The lowest BCUT2D eigenvalue weighted by atomic mass is 10.1. The van der Waals surface area contributed by atoms with Gasteiger partial charge in [-0.05, 0) is 51.0 Å². The predicted molar refractivity (Wildman–Crippen MR) is 87.7 cm³/mol. The molecule has 132 valence electrons. The molecule has 0 spiro atoms. The van der Waals surface area contributed by atoms with Gasteiger partial charge in [0, 0.05) is 12.6 Å². The topological polar surface area (TPSA) is 107 Å². The van der Waals surface area contributed by atoms with Gasteiger partial charge in [-0.2, -0.15) is 4.31 Å². The van der Waals surface area contributed by atoms with Gasteiger partial charge < -0.3 is 10.5 Å². The summed E-state index contributed by atoms with van der Waals surface area (Å²) in [6.45, 7) is 3.77. The van der Waals surface area contributed by atoms with E-state index in [1.165, 1.54) is 35.5 Å². The third-order valence-corrected chi connectivity index (χ3v) is 6.15. The average molecular weight is 354 g/mol. The van der Waals surface area contributed by atoms with Crippen molar-refractivity contribution < 1.29 is 22.7 Å². The zero-order chi connectivity index (χ0) is 17.9. The smallest absolute Gasteiger partial charge is 0.338 e. The van der Waals surface area contributed by atoms with Crippen LogP contribution in [0.2, 0.25) is 0 Å². The molecular weight excluding hydrogens is 332 g/mol. The Labute approximate surface area is 141 Å². The maximum Gasteiger partial charge on any atom is 0.338 e. The van der Waals surface area contributed by atoms with Crippen LogP contribution < -0.4 is 5.73 Å². The molecule has 2 N–H and O–H groups in total. The largest absolute Gasteiger partial charge is 0.449 e. The number of amides is 1. The van der Waals surface area contributed by atoms with E-state index in [9.17, 15) is 18.0 Å². The molecule has 2 rings (SSSR count). The first-order valence-electron chi connectivity index (χ1n) is 7.85. The van der Waals surface area contributed by atoms with E-state index in [1.807, 2.05) is 6.92 Å². The predicted octanol–water partition coefficient (Wildman–Crippen LogP) is 1.28. The first-order valence-corrected chi connectivity index (χ1v) is 9.29. The molecule has 2 atom stereocenters. The number of hydrogen-bond acceptors (Lipinski definition) is 5. The molecule has 1 aromatic carbocycles. The molecule has 7 nitrogen and oxygen atoms in total. The van der Waals surface area contributed by atoms with Crippen molar-refractivity contribution in [2.24, 2.45) is 5.73 Å². The van der Waals surface area contributed by atoms with Gasteiger partial charge >= 0.3 is 5.97 Å². The van der Waals surface area contributed by atoms with Crippen molar-refractivity contribution in [3.8, 4) is 0 Å². The molecule has 1 aromatic rings. The number of hydrogen-bond donors (Lipinski definition) is 1. The van der Waals surface area contributed by atoms with E-state index in [0.717, 1.165) is 19.3 Å². The van der Waals surface area contributed by atoms with Crippen molar-refractivity contribution in [1.82, 2.24) is 4.31 Å². The summed E-state index contributed by atoms with van der Waals surface area (Å²) >= 11 is 0. The fraction of sp³-hybridized carbons (Fsp3) is 0.500. The van der Waals surface area contributed by atoms with Crippen LogP contribution in [-0.4, -0.2) is 43.3 Å². The molecule has 1 heterocycles. The number of rotatable bonds is 5. The second kappa shape index (κ2) is 7.31. The highest BCUT2D eigenvalue weighted by molar-refractivity contribution is 7.89. The monoisotopic (exact) mass is 354 g/mol. The molecule has 0 aromatic heterocycles. The van der Waals surface area contributed by atoms with Crippen LogP contribution in [0, 0.1) is 0 Å². The van der Waals surface area contributed by atoms with Crippen molar-refractivity contribution in [2.75, 3.05) is 6.54 Å². The number of piperidine rings is 1. The summed E-state index contributed by atoms with van der Waals surface area (Å²) in [4.78, 5) is 22.9. The van der Waals surface area contributed by atoms with Gasteiger partial charge in [0.05, 0.1) is 10.5 Å². The van der Waals surface area contributed by atoms with E-state index >= 15 is 0 Å². The maximum absolute atomic E-state index is 12.7. The molecule has 1 aliphatic heterocycles. The zero-order valence-electron chi connectivity index (χ0n) is 13.8. The highest BCUT2D eigenvalue weighted by Gasteiger charge is 2.31. The molecule has 0 bridgehead atoms. The van der Waals surface area contributed by atoms with E-state index in [0.29, 0.717) is 6.54 Å². The van der Waals surface area contributed by atoms with E-state index in [-0.39, 0.29) is 16.5 Å². The Morgan fingerprint density at radius 1 is 1.25 bits per heavy atom. The fourth-order valence-corrected chi connectivity index (χ4v) is 4.31. The van der Waals surface area contributed by atoms with E-state index in [2.05, 4.69) is 0 Å². The van der Waals surface area contributed by atoms with Crippen molar-refractivity contribution in [3.05, 3.63) is 29.8 Å². The third kappa shape index (κ3) is 3.93. The number of benzene rings is 1. The number of ether oxygens (including phenoxy) is 1. The minimum atomic E-state index is -3.58. The minimum Gasteiger partial charge on any atom is -0.449 e. The number of nitrogens with zero attached hydrogens (tertiary/aromatic N) is 1. The molecule has 0 aliphatic carbocycles. The van der Waals surface area contributed by atoms with Crippen LogP contribution >= 0.6 is 0 Å². The van der Waals surface area contributed by atoms with Gasteiger partial charge in [0.25, 0.3) is 5.91 Å². The molecule has 1 fully saturated rings. The number of sulfonamides is 1. The quantitative estimate of drug-likeness (QED) is 0.802. The number of nitrogens with two attached hydrogens (primary N) is 1. The maximum atomic E-state index is 12.7. The molecule has 24 heavy (non-hydrogen) atoms. The van der Waals surface area contributed by atoms with Crippen LogP contribution in [0.25, 0.3) is 0 Å². The summed E-state index contributed by atoms with van der Waals surface area (Å²) in [5, 5.41) is 0. The van der Waals surface area contributed by atoms with Crippen molar-refractivity contribution in [3.63, 3.8) is 0 Å². The van der Waals surface area contributed by atoms with Gasteiger partial charge in [-0.1, -0.05) is 6.42 Å². The fourth-order valence-electron chi connectivity index (χ4n) is 2.61. The zero-order valence-corrected chi connectivity index (χ0v) is 14.6. The van der Waals surface area contributed by atoms with Gasteiger partial charge in [-0.3, -0.25) is 4.79 Å². The van der Waals surface area contributed by atoms with Crippen molar-refractivity contribution in [1.29, 1.82) is 0 Å². The lowest BCUT2D eigenvalue weighted by molar-refractivity contribution is -0.125. The van der Waals surface area contributed by atoms with Gasteiger partial charge in [-0.25, -0.2) is 13.2 Å². The molecule has 8 heteroatoms. The molecule has 1 aliphatic rings. The SMILES string of the molecule is CC(OC(=O)c1ccc(S(=O)(=O)N2CCCCC2C)cc1)C(N)=O. The van der Waals surface area contributed by atoms with Gasteiger partial charge in [0.1, 0.15) is 0 Å². The average Bonchev–Trinajstić information content (AvgIpc) is 2.55. The van der Waals surface area contributed by atoms with Crippen LogP contribution in [-0.2, 0) is 19.6 Å². The normalized spacial score (nSPS) is 20.3. The Balaban J connectivity index is 2.16. The highest BCUT2D eigenvalue weighted by Crippen LogP contribution is 2.25. The summed E-state index contributed by atoms with van der Waals surface area (Å²) in [7, 11) is -3.58. The van der Waals surface area contributed by atoms with Crippen molar-refractivity contribution in [2.45, 2.75) is 50.2 Å². The summed E-state index contributed by atoms with van der Waals surface area (Å²) in [5.74, 6) is -1.47. The summed E-state index contributed by atoms with van der Waals surface area (Å²) in [6, 6.07) is 5.46. The molecule has 1 saturated heterocycles. The van der Waals surface area contributed by atoms with Crippen LogP contribution in [0.1, 0.15) is 43.5 Å². The number of carbonyl (C=O) groups excluding carboxylic acids is 2. The molecule has 0 radical (unpaired) electrons. The number of primary amides is 1. The lowest BCUT2D eigenvalue weighted by Crippen LogP contribution is -2.41. The van der Waals surface area contributed by atoms with E-state index in [1.54, 1.807) is 0 Å². The highest BCUT2D eigenvalue weighted by atomic mass is 32.2. The first-order chi connectivity index (χ1) is 11.2. The van der Waals surface area contributed by atoms with Gasteiger partial charge in [0.15, 0.2) is 6.10 Å². The summed E-state index contributed by atoms with van der Waals surface area (Å²) in [5.41, 5.74) is 5.20. The van der Waals surface area contributed by atoms with E-state index in [4.69, 9.17) is 10.5 Å². The summed E-state index contributed by atoms with van der Waals surface area (Å²) < 4.78 is 31.8. The Morgan fingerprint density at radius 3 is 2.42 bits per heavy atom. The van der Waals surface area contributed by atoms with Crippen LogP contribution in [0.4, 0.5) is 0 Å². The van der Waals surface area contributed by atoms with Crippen LogP contribution in [0.3, 0.4) is 0 Å². The van der Waals surface area contributed by atoms with Crippen molar-refractivity contribution >= 4 is 21.9 Å². The molecule has 0 saturated carbocycles. The standard InChI is InChI=1S/C16H22N2O5S/c1-11-5-3-4-10-18(11)24(21,22)14-8-6-13(7-9-14)16(20)23-12(2)15(17)19/h6-9,11-12H,3-5,10H2,1-2H3,(H2,17,19). The molecular formula is C16H22N2O5S. The minimum absolute atomic E-state index is 0.0372. The Hall–Kier alpha value is -1.93. The number of carbonyl (C=O) groups is 2. The Bertz CT molecular complexity index is 714. The van der Waals surface area contributed by atoms with Crippen LogP contribution in [0.5, 0.6) is 0 Å². The first kappa shape index (κ1) is 18.4. The Kier molecular flexibility index (Phi) is 5.61. The third-order valence-electron chi connectivity index (χ3n) is 4.12. The Morgan fingerprint density at radius 2 is 1.88 bits per heavy atom. The van der Waals surface area contributed by atoms with Crippen LogP contribution in [0.15, 0.2) is 29.2 Å². The van der Waals surface area contributed by atoms with Gasteiger partial charge in [-0.15, -0.1) is 0 Å². The summed E-state index contributed by atoms with van der Waals surface area (Å²) in [6.07, 6.45) is 1.67. The second-order valence-electron chi connectivity index (χ2n) is 5.93.